The predicted molar refractivity (Wildman–Crippen MR) is 75.9 cm³/mol. The molecule has 1 amide bonds. The minimum absolute atomic E-state index is 0.0000167. The first kappa shape index (κ1) is 14.0. The van der Waals surface area contributed by atoms with Gasteiger partial charge in [0.05, 0.1) is 11.4 Å². The quantitative estimate of drug-likeness (QED) is 0.781. The highest BCUT2D eigenvalue weighted by molar-refractivity contribution is 7.90. The van der Waals surface area contributed by atoms with E-state index in [-0.39, 0.29) is 28.6 Å². The number of likely N-dealkylation sites (tertiary alicyclic amines) is 1. The molecule has 1 spiro atoms. The Morgan fingerprint density at radius 1 is 1.14 bits per heavy atom. The summed E-state index contributed by atoms with van der Waals surface area (Å²) in [6, 6.07) is 0. The molecule has 2 saturated carbocycles. The lowest BCUT2D eigenvalue weighted by Gasteiger charge is -2.50. The van der Waals surface area contributed by atoms with Crippen LogP contribution in [0.2, 0.25) is 0 Å². The van der Waals surface area contributed by atoms with E-state index >= 15 is 0 Å². The third-order valence-electron chi connectivity index (χ3n) is 5.54. The van der Waals surface area contributed by atoms with Gasteiger partial charge in [0.25, 0.3) is 0 Å². The Labute approximate surface area is 125 Å². The van der Waals surface area contributed by atoms with Gasteiger partial charge in [0.1, 0.15) is 0 Å². The number of aliphatic hydroxyl groups excluding tert-OH is 1. The van der Waals surface area contributed by atoms with Crippen LogP contribution in [0.15, 0.2) is 0 Å². The van der Waals surface area contributed by atoms with Gasteiger partial charge < -0.3 is 10.0 Å². The fourth-order valence-electron chi connectivity index (χ4n) is 3.91. The van der Waals surface area contributed by atoms with Gasteiger partial charge in [0.15, 0.2) is 0 Å². The molecule has 0 bridgehead atoms. The number of aliphatic hydroxyl groups is 1. The minimum Gasteiger partial charge on any atom is -0.393 e. The van der Waals surface area contributed by atoms with E-state index in [0.29, 0.717) is 39.0 Å². The van der Waals surface area contributed by atoms with Crippen LogP contribution in [-0.4, -0.2) is 66.2 Å². The monoisotopic (exact) mass is 314 g/mol. The van der Waals surface area contributed by atoms with Gasteiger partial charge in [-0.2, -0.15) is 0 Å². The molecule has 118 valence electrons. The highest BCUT2D eigenvalue weighted by atomic mass is 32.2. The van der Waals surface area contributed by atoms with Crippen LogP contribution >= 0.6 is 0 Å². The number of carbonyl (C=O) groups is 1. The zero-order valence-electron chi connectivity index (χ0n) is 12.1. The van der Waals surface area contributed by atoms with E-state index in [1.54, 1.807) is 4.31 Å². The summed E-state index contributed by atoms with van der Waals surface area (Å²) in [6.45, 7) is 2.58. The number of rotatable bonds is 3. The van der Waals surface area contributed by atoms with Crippen molar-refractivity contribution in [2.24, 2.45) is 11.3 Å². The second-order valence-electron chi connectivity index (χ2n) is 7.34. The molecule has 7 heteroatoms. The summed E-state index contributed by atoms with van der Waals surface area (Å²) in [4.78, 5) is 14.0. The molecule has 1 N–H and O–H groups in total. The molecule has 2 heterocycles. The topological polar surface area (TPSA) is 77.9 Å². The Bertz CT molecular complexity index is 560. The third-order valence-corrected chi connectivity index (χ3v) is 7.88. The van der Waals surface area contributed by atoms with Crippen LogP contribution in [0, 0.1) is 11.3 Å². The maximum absolute atomic E-state index is 12.3. The van der Waals surface area contributed by atoms with Crippen molar-refractivity contribution in [3.63, 3.8) is 0 Å². The number of nitrogens with zero attached hydrogens (tertiary/aromatic N) is 2. The molecule has 0 aromatic heterocycles. The third kappa shape index (κ3) is 2.21. The molecule has 2 aliphatic carbocycles. The Morgan fingerprint density at radius 3 is 2.38 bits per heavy atom. The van der Waals surface area contributed by atoms with Crippen LogP contribution in [0.5, 0.6) is 0 Å². The van der Waals surface area contributed by atoms with E-state index in [4.69, 9.17) is 0 Å². The van der Waals surface area contributed by atoms with Gasteiger partial charge in [-0.25, -0.2) is 12.7 Å². The lowest BCUT2D eigenvalue weighted by atomic mass is 9.75. The second-order valence-corrected chi connectivity index (χ2v) is 9.56. The standard InChI is InChI=1S/C14H22N2O4S/c17-11-5-10(6-11)13(18)15-7-14(8-15)3-4-16(9-14)21(19,20)12-1-2-12/h10-12,17H,1-9H2. The number of carbonyl (C=O) groups excluding carboxylic acids is 1. The average molecular weight is 314 g/mol. The summed E-state index contributed by atoms with van der Waals surface area (Å²) in [6.07, 6.45) is 3.35. The fourth-order valence-corrected chi connectivity index (χ4v) is 5.87. The predicted octanol–water partition coefficient (Wildman–Crippen LogP) is -0.216. The first-order valence-electron chi connectivity index (χ1n) is 7.85. The summed E-state index contributed by atoms with van der Waals surface area (Å²) in [7, 11) is -3.07. The zero-order chi connectivity index (χ0) is 14.8. The van der Waals surface area contributed by atoms with E-state index in [1.807, 2.05) is 4.90 Å². The second kappa shape index (κ2) is 4.43. The van der Waals surface area contributed by atoms with E-state index < -0.39 is 10.0 Å². The maximum atomic E-state index is 12.3. The summed E-state index contributed by atoms with van der Waals surface area (Å²) in [5.41, 5.74) is -0.0000167. The maximum Gasteiger partial charge on any atom is 0.225 e. The summed E-state index contributed by atoms with van der Waals surface area (Å²) >= 11 is 0. The average Bonchev–Trinajstić information content (AvgIpc) is 3.11. The van der Waals surface area contributed by atoms with Gasteiger partial charge in [-0.1, -0.05) is 0 Å². The number of hydrogen-bond donors (Lipinski definition) is 1. The lowest BCUT2D eigenvalue weighted by Crippen LogP contribution is -2.62. The fraction of sp³-hybridized carbons (Fsp3) is 0.929. The molecule has 0 aromatic rings. The van der Waals surface area contributed by atoms with Crippen molar-refractivity contribution in [2.45, 2.75) is 43.5 Å². The highest BCUT2D eigenvalue weighted by Crippen LogP contribution is 2.44. The Kier molecular flexibility index (Phi) is 2.94. The zero-order valence-corrected chi connectivity index (χ0v) is 12.9. The Morgan fingerprint density at radius 2 is 1.81 bits per heavy atom. The molecule has 0 aromatic carbocycles. The van der Waals surface area contributed by atoms with Crippen molar-refractivity contribution in [1.29, 1.82) is 0 Å². The van der Waals surface area contributed by atoms with Crippen LogP contribution in [-0.2, 0) is 14.8 Å². The van der Waals surface area contributed by atoms with Gasteiger partial charge in [-0.3, -0.25) is 4.79 Å². The molecule has 2 saturated heterocycles. The largest absolute Gasteiger partial charge is 0.393 e. The van der Waals surface area contributed by atoms with Gasteiger partial charge in [-0.05, 0) is 32.1 Å². The lowest BCUT2D eigenvalue weighted by molar-refractivity contribution is -0.153. The first-order valence-corrected chi connectivity index (χ1v) is 9.36. The Balaban J connectivity index is 1.34. The van der Waals surface area contributed by atoms with Gasteiger partial charge >= 0.3 is 0 Å². The van der Waals surface area contributed by atoms with Crippen molar-refractivity contribution in [3.8, 4) is 0 Å². The van der Waals surface area contributed by atoms with E-state index in [0.717, 1.165) is 19.3 Å². The highest BCUT2D eigenvalue weighted by Gasteiger charge is 2.54. The number of hydrogen-bond acceptors (Lipinski definition) is 4. The van der Waals surface area contributed by atoms with E-state index in [9.17, 15) is 18.3 Å². The minimum atomic E-state index is -3.07. The van der Waals surface area contributed by atoms with Crippen molar-refractivity contribution in [3.05, 3.63) is 0 Å². The molecule has 0 unspecified atom stereocenters. The first-order chi connectivity index (χ1) is 9.90. The van der Waals surface area contributed by atoms with Crippen molar-refractivity contribution in [1.82, 2.24) is 9.21 Å². The van der Waals surface area contributed by atoms with Crippen molar-refractivity contribution < 1.29 is 18.3 Å². The van der Waals surface area contributed by atoms with Crippen LogP contribution < -0.4 is 0 Å². The molecular formula is C14H22N2O4S. The molecule has 21 heavy (non-hydrogen) atoms. The van der Waals surface area contributed by atoms with Crippen molar-refractivity contribution >= 4 is 15.9 Å². The molecule has 2 aliphatic heterocycles. The molecule has 4 rings (SSSR count). The summed E-state index contributed by atoms with van der Waals surface area (Å²) in [5, 5.41) is 9.15. The van der Waals surface area contributed by atoms with E-state index in [1.165, 1.54) is 0 Å². The van der Waals surface area contributed by atoms with Crippen LogP contribution in [0.4, 0.5) is 0 Å². The molecule has 0 radical (unpaired) electrons. The normalized spacial score (nSPS) is 35.6. The summed E-state index contributed by atoms with van der Waals surface area (Å²) in [5.74, 6) is 0.138. The van der Waals surface area contributed by atoms with Gasteiger partial charge in [0.2, 0.25) is 15.9 Å². The molecule has 4 fully saturated rings. The van der Waals surface area contributed by atoms with Gasteiger partial charge in [-0.15, -0.1) is 0 Å². The van der Waals surface area contributed by atoms with Gasteiger partial charge in [0, 0.05) is 37.5 Å². The van der Waals surface area contributed by atoms with Crippen LogP contribution in [0.1, 0.15) is 32.1 Å². The van der Waals surface area contributed by atoms with E-state index in [2.05, 4.69) is 0 Å². The molecule has 4 aliphatic rings. The SMILES string of the molecule is O=C(C1CC(O)C1)N1CC2(CCN(S(=O)(=O)C3CC3)C2)C1. The summed E-state index contributed by atoms with van der Waals surface area (Å²) < 4.78 is 26.2. The smallest absolute Gasteiger partial charge is 0.225 e. The molecular weight excluding hydrogens is 292 g/mol. The molecule has 6 nitrogen and oxygen atoms in total. The number of amides is 1. The van der Waals surface area contributed by atoms with Crippen molar-refractivity contribution in [2.75, 3.05) is 26.2 Å². The number of sulfonamides is 1. The Hall–Kier alpha value is -0.660. The molecule has 0 atom stereocenters. The van der Waals surface area contributed by atoms with Crippen LogP contribution in [0.3, 0.4) is 0 Å². The van der Waals surface area contributed by atoms with Crippen LogP contribution in [0.25, 0.3) is 0 Å².